The van der Waals surface area contributed by atoms with Crippen LogP contribution in [-0.4, -0.2) is 5.60 Å². The summed E-state index contributed by atoms with van der Waals surface area (Å²) in [4.78, 5) is 0. The molecule has 0 bridgehead atoms. The Balaban J connectivity index is 0.000000325. The van der Waals surface area contributed by atoms with Crippen molar-refractivity contribution >= 4 is 20.7 Å². The van der Waals surface area contributed by atoms with Crippen molar-refractivity contribution in [2.45, 2.75) is 45.1 Å². The second-order valence-corrected chi connectivity index (χ2v) is 6.64. The summed E-state index contributed by atoms with van der Waals surface area (Å²) in [6, 6.07) is 0. The van der Waals surface area contributed by atoms with Crippen molar-refractivity contribution in [3.05, 3.63) is 0 Å². The van der Waals surface area contributed by atoms with E-state index < -0.39 is 7.81 Å². The van der Waals surface area contributed by atoms with Gasteiger partial charge in [-0.2, -0.15) is 4.18 Å². The van der Waals surface area contributed by atoms with Crippen LogP contribution in [0.5, 0.6) is 0 Å². The molecule has 0 aromatic rings. The molecule has 2 unspecified atom stereocenters. The number of hydrogen-bond donors (Lipinski definition) is 0. The summed E-state index contributed by atoms with van der Waals surface area (Å²) < 4.78 is 64.5. The van der Waals surface area contributed by atoms with Crippen LogP contribution in [0.4, 0.5) is 25.2 Å². The molecule has 0 aromatic heterocycles. The molecule has 1 aliphatic rings. The molecule has 108 valence electrons. The van der Waals surface area contributed by atoms with Crippen molar-refractivity contribution in [1.82, 2.24) is 0 Å². The zero-order valence-electron chi connectivity index (χ0n) is 9.53. The molecule has 0 heterocycles. The van der Waals surface area contributed by atoms with Gasteiger partial charge in [0.1, 0.15) is 18.5 Å². The van der Waals surface area contributed by atoms with E-state index in [4.69, 9.17) is 4.18 Å². The van der Waals surface area contributed by atoms with E-state index in [1.807, 2.05) is 0 Å². The van der Waals surface area contributed by atoms with Crippen LogP contribution in [0.25, 0.3) is 0 Å². The van der Waals surface area contributed by atoms with Crippen LogP contribution in [-0.2, 0) is 17.1 Å². The Hall–Kier alpha value is 0.320. The molecule has 17 heavy (non-hydrogen) atoms. The Bertz CT molecular complexity index is 253. The summed E-state index contributed by atoms with van der Waals surface area (Å²) in [7, 11) is -10.7. The molecule has 9 heteroatoms. The number of rotatable bonds is 1. The van der Waals surface area contributed by atoms with E-state index in [1.54, 1.807) is 0 Å². The van der Waals surface area contributed by atoms with Crippen molar-refractivity contribution in [1.29, 1.82) is 0 Å². The Kier molecular flexibility index (Phi) is 4.54. The molecule has 1 saturated carbocycles. The van der Waals surface area contributed by atoms with E-state index in [2.05, 4.69) is 26.8 Å². The van der Waals surface area contributed by atoms with Crippen LogP contribution in [0.15, 0.2) is 0 Å². The number of hydrogen-bond acceptors (Lipinski definition) is 1. The van der Waals surface area contributed by atoms with Gasteiger partial charge in [0.15, 0.2) is 0 Å². The molecule has 0 N–H and O–H groups in total. The van der Waals surface area contributed by atoms with Crippen LogP contribution in [0, 0.1) is 5.92 Å². The third-order valence-corrected chi connectivity index (χ3v) is 3.30. The maximum absolute atomic E-state index is 10.7. The van der Waals surface area contributed by atoms with Gasteiger partial charge in [0.25, 0.3) is 0 Å². The monoisotopic (exact) mass is 306 g/mol. The van der Waals surface area contributed by atoms with Gasteiger partial charge in [0, 0.05) is 0 Å². The molecule has 0 radical (unpaired) electrons. The van der Waals surface area contributed by atoms with Gasteiger partial charge >= 0.3 is 33.0 Å². The molecule has 0 spiro atoms. The quantitative estimate of drug-likeness (QED) is 0.364. The zero-order chi connectivity index (χ0) is 14.0. The van der Waals surface area contributed by atoms with E-state index >= 15 is 0 Å². The molecular formula is C8H17F6OPS. The standard InChI is InChI=1S/C8H16OS.F6P/c1-7-5-3-4-6-8(7,2)9-10;1-7(2,3,4,5)6/h7,10H,3-6H2,1-2H3;/q;-1/p+1. The number of halogens is 6. The van der Waals surface area contributed by atoms with Gasteiger partial charge in [0.05, 0.1) is 0 Å². The average molecular weight is 306 g/mol. The SMILES string of the molecule is CC1CCCCC1(C)O[SH2+].F[P-](F)(F)(F)(F)F. The first-order valence-corrected chi connectivity index (χ1v) is 7.49. The molecule has 2 atom stereocenters. The maximum atomic E-state index is 9.87. The Morgan fingerprint density at radius 3 is 1.76 bits per heavy atom. The molecule has 1 nitrogen and oxygen atoms in total. The fraction of sp³-hybridized carbons (Fsp3) is 1.00. The summed E-state index contributed by atoms with van der Waals surface area (Å²) in [6.45, 7) is 4.45. The Morgan fingerprint density at radius 1 is 1.12 bits per heavy atom. The van der Waals surface area contributed by atoms with E-state index in [9.17, 15) is 25.2 Å². The Morgan fingerprint density at radius 2 is 1.53 bits per heavy atom. The van der Waals surface area contributed by atoms with E-state index in [-0.39, 0.29) is 5.60 Å². The normalized spacial score (nSPS) is 34.1. The van der Waals surface area contributed by atoms with E-state index in [0.717, 1.165) is 0 Å². The van der Waals surface area contributed by atoms with Crippen molar-refractivity contribution < 1.29 is 29.4 Å². The summed E-state index contributed by atoms with van der Waals surface area (Å²) in [5, 5.41) is 0. The summed E-state index contributed by atoms with van der Waals surface area (Å²) in [6.07, 6.45) is 5.18. The van der Waals surface area contributed by atoms with Gasteiger partial charge in [-0.15, -0.1) is 0 Å². The fourth-order valence-corrected chi connectivity index (χ4v) is 1.93. The first kappa shape index (κ1) is 17.3. The van der Waals surface area contributed by atoms with Crippen LogP contribution >= 0.6 is 7.81 Å². The molecule has 1 aliphatic carbocycles. The predicted octanol–water partition coefficient (Wildman–Crippen LogP) is 5.28. The van der Waals surface area contributed by atoms with E-state index in [0.29, 0.717) is 5.92 Å². The van der Waals surface area contributed by atoms with Gasteiger partial charge in [0.2, 0.25) is 0 Å². The van der Waals surface area contributed by atoms with Gasteiger partial charge < -0.3 is 0 Å². The van der Waals surface area contributed by atoms with Crippen molar-refractivity contribution in [2.24, 2.45) is 5.92 Å². The summed E-state index contributed by atoms with van der Waals surface area (Å²) >= 11 is 3.15. The minimum atomic E-state index is -10.7. The van der Waals surface area contributed by atoms with Gasteiger partial charge in [-0.3, -0.25) is 0 Å². The second kappa shape index (κ2) is 4.46. The molecular weight excluding hydrogens is 289 g/mol. The average Bonchev–Trinajstić information content (AvgIpc) is 2.05. The molecule has 1 rings (SSSR count). The van der Waals surface area contributed by atoms with Crippen molar-refractivity contribution in [2.75, 3.05) is 0 Å². The van der Waals surface area contributed by atoms with Crippen molar-refractivity contribution in [3.8, 4) is 0 Å². The summed E-state index contributed by atoms with van der Waals surface area (Å²) in [5.74, 6) is 0.693. The van der Waals surface area contributed by atoms with Crippen LogP contribution in [0.2, 0.25) is 0 Å². The topological polar surface area (TPSA) is 9.23 Å². The van der Waals surface area contributed by atoms with Crippen LogP contribution in [0.3, 0.4) is 0 Å². The fourth-order valence-electron chi connectivity index (χ4n) is 1.63. The summed E-state index contributed by atoms with van der Waals surface area (Å²) in [5.41, 5.74) is 0.0924. The zero-order valence-corrected chi connectivity index (χ0v) is 11.4. The molecule has 1 fully saturated rings. The second-order valence-electron chi connectivity index (χ2n) is 4.52. The minimum absolute atomic E-state index is 0.0924. The Labute approximate surface area is 102 Å². The third kappa shape index (κ3) is 11.2. The van der Waals surface area contributed by atoms with Crippen LogP contribution < -0.4 is 0 Å². The first-order chi connectivity index (χ1) is 7.14. The van der Waals surface area contributed by atoms with Crippen LogP contribution in [0.1, 0.15) is 39.5 Å². The molecule has 0 saturated heterocycles. The molecule has 0 aromatic carbocycles. The molecule has 0 amide bonds. The predicted molar refractivity (Wildman–Crippen MR) is 60.8 cm³/mol. The van der Waals surface area contributed by atoms with Gasteiger partial charge in [-0.25, -0.2) is 0 Å². The first-order valence-electron chi connectivity index (χ1n) is 5.05. The van der Waals surface area contributed by atoms with E-state index in [1.165, 1.54) is 25.7 Å². The molecule has 0 aliphatic heterocycles. The van der Waals surface area contributed by atoms with Crippen molar-refractivity contribution in [3.63, 3.8) is 0 Å². The third-order valence-electron chi connectivity index (χ3n) is 2.84. The van der Waals surface area contributed by atoms with Gasteiger partial charge in [-0.05, 0) is 25.7 Å². The van der Waals surface area contributed by atoms with Gasteiger partial charge in [-0.1, -0.05) is 19.8 Å².